The molecule has 1 N–H and O–H groups in total. The van der Waals surface area contributed by atoms with E-state index in [-0.39, 0.29) is 30.4 Å². The third kappa shape index (κ3) is 6.05. The molecule has 0 aliphatic rings. The lowest BCUT2D eigenvalue weighted by Gasteiger charge is -2.29. The van der Waals surface area contributed by atoms with Crippen molar-refractivity contribution in [1.29, 1.82) is 0 Å². The third-order valence-corrected chi connectivity index (χ3v) is 3.91. The van der Waals surface area contributed by atoms with Crippen molar-refractivity contribution >= 4 is 23.2 Å². The molecular weight excluding hydrogens is 318 g/mol. The van der Waals surface area contributed by atoms with Gasteiger partial charge < -0.3 is 19.9 Å². The van der Waals surface area contributed by atoms with Crippen molar-refractivity contribution in [2.75, 3.05) is 38.0 Å². The van der Waals surface area contributed by atoms with Gasteiger partial charge in [0.1, 0.15) is 6.61 Å². The van der Waals surface area contributed by atoms with Crippen molar-refractivity contribution in [1.82, 2.24) is 4.90 Å². The highest BCUT2D eigenvalue weighted by molar-refractivity contribution is 5.92. The van der Waals surface area contributed by atoms with E-state index in [0.29, 0.717) is 6.54 Å². The summed E-state index contributed by atoms with van der Waals surface area (Å²) in [4.78, 5) is 28.1. The maximum atomic E-state index is 12.3. The highest BCUT2D eigenvalue weighted by Crippen LogP contribution is 2.25. The summed E-state index contributed by atoms with van der Waals surface area (Å²) in [7, 11) is 5.44. The number of methoxy groups -OCH3 is 1. The number of ether oxygens (including phenoxy) is 1. The Hall–Kier alpha value is -2.08. The average Bonchev–Trinajstić information content (AvgIpc) is 2.52. The van der Waals surface area contributed by atoms with Gasteiger partial charge in [-0.05, 0) is 37.6 Å². The standard InChI is InChI=1S/C19H31N3O3/c1-13(2)19(24)20-16-8-9-17(21(5)6)15(10-16)11-22(14(3)4)18(23)12-25-7/h8-10,13-14H,11-12H2,1-7H3,(H,20,24). The molecule has 0 saturated heterocycles. The zero-order valence-electron chi connectivity index (χ0n) is 16.4. The first kappa shape index (κ1) is 21.0. The molecule has 1 aromatic carbocycles. The minimum absolute atomic E-state index is 0.0280. The van der Waals surface area contributed by atoms with Crippen molar-refractivity contribution in [2.24, 2.45) is 5.92 Å². The number of hydrogen-bond acceptors (Lipinski definition) is 4. The summed E-state index contributed by atoms with van der Waals surface area (Å²) in [6, 6.07) is 5.83. The van der Waals surface area contributed by atoms with Gasteiger partial charge in [-0.1, -0.05) is 13.8 Å². The van der Waals surface area contributed by atoms with Crippen LogP contribution >= 0.6 is 0 Å². The molecular formula is C19H31N3O3. The van der Waals surface area contributed by atoms with Crippen LogP contribution in [0.5, 0.6) is 0 Å². The zero-order chi connectivity index (χ0) is 19.1. The number of nitrogens with one attached hydrogen (secondary N) is 1. The second-order valence-corrected chi connectivity index (χ2v) is 6.93. The summed E-state index contributed by atoms with van der Waals surface area (Å²) in [6.07, 6.45) is 0. The first-order valence-corrected chi connectivity index (χ1v) is 8.56. The van der Waals surface area contributed by atoms with E-state index in [2.05, 4.69) is 5.32 Å². The van der Waals surface area contributed by atoms with Gasteiger partial charge in [-0.15, -0.1) is 0 Å². The van der Waals surface area contributed by atoms with Crippen molar-refractivity contribution in [3.05, 3.63) is 23.8 Å². The molecule has 25 heavy (non-hydrogen) atoms. The Morgan fingerprint density at radius 3 is 2.28 bits per heavy atom. The van der Waals surface area contributed by atoms with Crippen LogP contribution in [-0.4, -0.2) is 50.6 Å². The van der Waals surface area contributed by atoms with Gasteiger partial charge >= 0.3 is 0 Å². The largest absolute Gasteiger partial charge is 0.377 e. The number of amides is 2. The van der Waals surface area contributed by atoms with E-state index < -0.39 is 0 Å². The molecule has 0 aromatic heterocycles. The van der Waals surface area contributed by atoms with Crippen LogP contribution in [0.4, 0.5) is 11.4 Å². The van der Waals surface area contributed by atoms with Gasteiger partial charge in [0.2, 0.25) is 11.8 Å². The summed E-state index contributed by atoms with van der Waals surface area (Å²) in [5.74, 6) is -0.175. The molecule has 2 amide bonds. The second kappa shape index (κ2) is 9.42. The molecule has 0 aliphatic carbocycles. The molecule has 0 unspecified atom stereocenters. The predicted molar refractivity (Wildman–Crippen MR) is 102 cm³/mol. The molecule has 0 spiro atoms. The number of anilines is 2. The summed E-state index contributed by atoms with van der Waals surface area (Å²) in [6.45, 7) is 8.18. The summed E-state index contributed by atoms with van der Waals surface area (Å²) in [5, 5.41) is 2.92. The lowest BCUT2D eigenvalue weighted by atomic mass is 10.1. The fraction of sp³-hybridized carbons (Fsp3) is 0.579. The monoisotopic (exact) mass is 349 g/mol. The lowest BCUT2D eigenvalue weighted by molar-refractivity contribution is -0.137. The normalized spacial score (nSPS) is 10.9. The van der Waals surface area contributed by atoms with Gasteiger partial charge in [0.05, 0.1) is 0 Å². The Labute approximate surface area is 151 Å². The van der Waals surface area contributed by atoms with E-state index in [1.54, 1.807) is 4.90 Å². The Kier molecular flexibility index (Phi) is 7.90. The number of benzene rings is 1. The van der Waals surface area contributed by atoms with Crippen LogP contribution in [0.2, 0.25) is 0 Å². The SMILES string of the molecule is COCC(=O)N(Cc1cc(NC(=O)C(C)C)ccc1N(C)C)C(C)C. The fourth-order valence-electron chi connectivity index (χ4n) is 2.46. The van der Waals surface area contributed by atoms with E-state index in [9.17, 15) is 9.59 Å². The maximum Gasteiger partial charge on any atom is 0.249 e. The molecule has 0 saturated carbocycles. The van der Waals surface area contributed by atoms with E-state index in [1.165, 1.54) is 7.11 Å². The van der Waals surface area contributed by atoms with Crippen molar-refractivity contribution in [3.8, 4) is 0 Å². The number of carbonyl (C=O) groups is 2. The molecule has 0 fully saturated rings. The summed E-state index contributed by atoms with van der Waals surface area (Å²) in [5.41, 5.74) is 2.73. The highest BCUT2D eigenvalue weighted by Gasteiger charge is 2.19. The highest BCUT2D eigenvalue weighted by atomic mass is 16.5. The average molecular weight is 349 g/mol. The Morgan fingerprint density at radius 2 is 1.80 bits per heavy atom. The zero-order valence-corrected chi connectivity index (χ0v) is 16.4. The summed E-state index contributed by atoms with van der Waals surface area (Å²) >= 11 is 0. The van der Waals surface area contributed by atoms with Crippen LogP contribution in [0.1, 0.15) is 33.3 Å². The van der Waals surface area contributed by atoms with E-state index in [4.69, 9.17) is 4.74 Å². The smallest absolute Gasteiger partial charge is 0.249 e. The predicted octanol–water partition coefficient (Wildman–Crippen LogP) is 2.73. The Balaban J connectivity index is 3.15. The van der Waals surface area contributed by atoms with Gasteiger partial charge in [0, 0.05) is 51.1 Å². The summed E-state index contributed by atoms with van der Waals surface area (Å²) < 4.78 is 4.99. The second-order valence-electron chi connectivity index (χ2n) is 6.93. The van der Waals surface area contributed by atoms with Gasteiger partial charge in [-0.25, -0.2) is 0 Å². The van der Waals surface area contributed by atoms with Crippen molar-refractivity contribution in [3.63, 3.8) is 0 Å². The van der Waals surface area contributed by atoms with Crippen LogP contribution in [0, 0.1) is 5.92 Å². The molecule has 0 radical (unpaired) electrons. The molecule has 140 valence electrons. The van der Waals surface area contributed by atoms with Crippen LogP contribution in [0.25, 0.3) is 0 Å². The van der Waals surface area contributed by atoms with Crippen LogP contribution in [0.3, 0.4) is 0 Å². The van der Waals surface area contributed by atoms with E-state index in [1.807, 2.05) is 64.9 Å². The minimum atomic E-state index is -0.0904. The van der Waals surface area contributed by atoms with Crippen LogP contribution < -0.4 is 10.2 Å². The quantitative estimate of drug-likeness (QED) is 0.784. The van der Waals surface area contributed by atoms with Gasteiger partial charge in [0.15, 0.2) is 0 Å². The molecule has 0 bridgehead atoms. The molecule has 6 heteroatoms. The Morgan fingerprint density at radius 1 is 1.16 bits per heavy atom. The first-order valence-electron chi connectivity index (χ1n) is 8.56. The number of rotatable bonds is 8. The Bertz CT molecular complexity index is 598. The fourth-order valence-corrected chi connectivity index (χ4v) is 2.46. The van der Waals surface area contributed by atoms with Crippen LogP contribution in [-0.2, 0) is 20.9 Å². The number of carbonyl (C=O) groups excluding carboxylic acids is 2. The topological polar surface area (TPSA) is 61.9 Å². The molecule has 6 nitrogen and oxygen atoms in total. The van der Waals surface area contributed by atoms with Crippen molar-refractivity contribution < 1.29 is 14.3 Å². The maximum absolute atomic E-state index is 12.3. The molecule has 0 heterocycles. The number of hydrogen-bond donors (Lipinski definition) is 1. The van der Waals surface area contributed by atoms with E-state index in [0.717, 1.165) is 16.9 Å². The third-order valence-electron chi connectivity index (χ3n) is 3.91. The molecule has 0 aliphatic heterocycles. The first-order chi connectivity index (χ1) is 11.7. The van der Waals surface area contributed by atoms with Gasteiger partial charge in [-0.2, -0.15) is 0 Å². The van der Waals surface area contributed by atoms with Crippen molar-refractivity contribution in [2.45, 2.75) is 40.3 Å². The molecule has 1 rings (SSSR count). The number of nitrogens with zero attached hydrogens (tertiary/aromatic N) is 2. The van der Waals surface area contributed by atoms with Gasteiger partial charge in [-0.3, -0.25) is 9.59 Å². The molecule has 0 atom stereocenters. The van der Waals surface area contributed by atoms with E-state index >= 15 is 0 Å². The van der Waals surface area contributed by atoms with Gasteiger partial charge in [0.25, 0.3) is 0 Å². The van der Waals surface area contributed by atoms with Crippen LogP contribution in [0.15, 0.2) is 18.2 Å². The minimum Gasteiger partial charge on any atom is -0.377 e. The lowest BCUT2D eigenvalue weighted by Crippen LogP contribution is -2.39. The molecule has 1 aromatic rings.